The van der Waals surface area contributed by atoms with E-state index in [0.29, 0.717) is 27.3 Å². The summed E-state index contributed by atoms with van der Waals surface area (Å²) in [6, 6.07) is 21.6. The van der Waals surface area contributed by atoms with Crippen LogP contribution >= 0.6 is 0 Å². The zero-order valence-corrected chi connectivity index (χ0v) is 17.1. The fourth-order valence-electron chi connectivity index (χ4n) is 4.19. The monoisotopic (exact) mass is 442 g/mol. The number of carbonyl (C=O) groups is 2. The third-order valence-corrected chi connectivity index (χ3v) is 5.78. The van der Waals surface area contributed by atoms with E-state index >= 15 is 0 Å². The normalized spacial score (nSPS) is 13.4. The lowest BCUT2D eigenvalue weighted by Gasteiger charge is -2.15. The van der Waals surface area contributed by atoms with Crippen LogP contribution in [0.25, 0.3) is 43.6 Å². The Morgan fingerprint density at radius 2 is 1.33 bits per heavy atom. The number of rotatable bonds is 5. The summed E-state index contributed by atoms with van der Waals surface area (Å²) in [5, 5.41) is 42.3. The Morgan fingerprint density at radius 1 is 0.667 bits per heavy atom. The number of fused-ring (bicyclic) bond motifs is 3. The molecule has 0 unspecified atom stereocenters. The second-order valence-electron chi connectivity index (χ2n) is 7.83. The van der Waals surface area contributed by atoms with E-state index in [9.17, 15) is 24.9 Å². The highest BCUT2D eigenvalue weighted by atomic mass is 16.4. The number of furan rings is 1. The molecule has 0 saturated carbocycles. The van der Waals surface area contributed by atoms with Crippen molar-refractivity contribution in [2.24, 2.45) is 0 Å². The molecule has 0 aliphatic rings. The number of hydrogen-bond donors (Lipinski definition) is 4. The molecule has 0 spiro atoms. The highest BCUT2D eigenvalue weighted by molar-refractivity contribution is 6.06. The van der Waals surface area contributed by atoms with E-state index in [-0.39, 0.29) is 5.76 Å². The number of aliphatic hydroxyl groups excluding tert-OH is 2. The van der Waals surface area contributed by atoms with Gasteiger partial charge in [0.1, 0.15) is 11.3 Å². The van der Waals surface area contributed by atoms with E-state index in [1.807, 2.05) is 36.4 Å². The molecular weight excluding hydrogens is 424 g/mol. The van der Waals surface area contributed by atoms with Crippen molar-refractivity contribution < 1.29 is 34.4 Å². The first-order chi connectivity index (χ1) is 15.8. The van der Waals surface area contributed by atoms with Gasteiger partial charge in [-0.25, -0.2) is 9.59 Å². The Balaban J connectivity index is 1.70. The first kappa shape index (κ1) is 20.7. The van der Waals surface area contributed by atoms with Gasteiger partial charge in [-0.2, -0.15) is 0 Å². The average Bonchev–Trinajstić information content (AvgIpc) is 3.24. The minimum Gasteiger partial charge on any atom is -0.479 e. The predicted octanol–water partition coefficient (Wildman–Crippen LogP) is 4.64. The van der Waals surface area contributed by atoms with E-state index in [1.54, 1.807) is 30.3 Å². The third kappa shape index (κ3) is 3.49. The lowest BCUT2D eigenvalue weighted by Crippen LogP contribution is -2.11. The smallest absolute Gasteiger partial charge is 0.340 e. The van der Waals surface area contributed by atoms with Crippen LogP contribution in [-0.2, 0) is 9.59 Å². The van der Waals surface area contributed by atoms with E-state index in [1.165, 1.54) is 6.07 Å². The van der Waals surface area contributed by atoms with Gasteiger partial charge in [0.05, 0.1) is 0 Å². The summed E-state index contributed by atoms with van der Waals surface area (Å²) in [5.41, 5.74) is 2.32. The molecule has 0 saturated heterocycles. The van der Waals surface area contributed by atoms with Crippen molar-refractivity contribution in [2.75, 3.05) is 0 Å². The SMILES string of the molecule is O=C(O)[C@@H](O)c1cc2cc(-c3ccc4cc5ccccc5c([C@H](O)C(=O)O)c4c3)ccc2o1. The molecule has 1 aromatic heterocycles. The largest absolute Gasteiger partial charge is 0.479 e. The van der Waals surface area contributed by atoms with Crippen LogP contribution < -0.4 is 0 Å². The van der Waals surface area contributed by atoms with Gasteiger partial charge in [0, 0.05) is 10.9 Å². The third-order valence-electron chi connectivity index (χ3n) is 5.78. The Hall–Kier alpha value is -4.20. The molecule has 164 valence electrons. The van der Waals surface area contributed by atoms with Gasteiger partial charge < -0.3 is 24.8 Å². The van der Waals surface area contributed by atoms with Crippen molar-refractivity contribution in [1.82, 2.24) is 0 Å². The van der Waals surface area contributed by atoms with Crippen molar-refractivity contribution in [3.05, 3.63) is 84.1 Å². The molecule has 33 heavy (non-hydrogen) atoms. The standard InChI is InChI=1S/C26H18O7/c27-23(25(29)30)21-12-17-9-13(7-8-20(17)33-21)14-5-6-16-10-15-3-1-2-4-18(15)22(19(16)11-14)24(28)26(31)32/h1-12,23-24,27-28H,(H,29,30)(H,31,32)/t23-,24-/m0/s1. The van der Waals surface area contributed by atoms with Crippen LogP contribution in [0.2, 0.25) is 0 Å². The zero-order valence-electron chi connectivity index (χ0n) is 17.1. The maximum Gasteiger partial charge on any atom is 0.340 e. The predicted molar refractivity (Wildman–Crippen MR) is 122 cm³/mol. The Bertz CT molecular complexity index is 1560. The van der Waals surface area contributed by atoms with Crippen LogP contribution in [-0.4, -0.2) is 32.4 Å². The average molecular weight is 442 g/mol. The molecular formula is C26H18O7. The molecule has 2 atom stereocenters. The van der Waals surface area contributed by atoms with Crippen LogP contribution in [0.1, 0.15) is 23.5 Å². The molecule has 4 aromatic carbocycles. The van der Waals surface area contributed by atoms with Crippen LogP contribution in [0.5, 0.6) is 0 Å². The molecule has 0 aliphatic carbocycles. The summed E-state index contributed by atoms with van der Waals surface area (Å²) in [4.78, 5) is 22.7. The first-order valence-corrected chi connectivity index (χ1v) is 10.1. The molecule has 0 fully saturated rings. The molecule has 5 rings (SSSR count). The van der Waals surface area contributed by atoms with Gasteiger partial charge in [0.2, 0.25) is 6.10 Å². The van der Waals surface area contributed by atoms with Crippen molar-refractivity contribution in [3.63, 3.8) is 0 Å². The molecule has 0 aliphatic heterocycles. The van der Waals surface area contributed by atoms with Crippen LogP contribution in [0.3, 0.4) is 0 Å². The quantitative estimate of drug-likeness (QED) is 0.292. The van der Waals surface area contributed by atoms with Crippen LogP contribution in [0.4, 0.5) is 0 Å². The number of hydrogen-bond acceptors (Lipinski definition) is 5. The lowest BCUT2D eigenvalue weighted by atomic mass is 9.91. The van der Waals surface area contributed by atoms with E-state index in [2.05, 4.69) is 0 Å². The molecule has 5 aromatic rings. The van der Waals surface area contributed by atoms with Gasteiger partial charge in [-0.3, -0.25) is 0 Å². The highest BCUT2D eigenvalue weighted by Gasteiger charge is 2.23. The van der Waals surface area contributed by atoms with Gasteiger partial charge in [0.15, 0.2) is 6.10 Å². The molecule has 0 bridgehead atoms. The summed E-state index contributed by atoms with van der Waals surface area (Å²) in [7, 11) is 0. The van der Waals surface area contributed by atoms with Crippen molar-refractivity contribution in [2.45, 2.75) is 12.2 Å². The van der Waals surface area contributed by atoms with Crippen LogP contribution in [0, 0.1) is 0 Å². The van der Waals surface area contributed by atoms with Gasteiger partial charge in [-0.05, 0) is 63.0 Å². The van der Waals surface area contributed by atoms with Crippen molar-refractivity contribution in [3.8, 4) is 11.1 Å². The summed E-state index contributed by atoms with van der Waals surface area (Å²) in [5.74, 6) is -2.80. The molecule has 4 N–H and O–H groups in total. The molecule has 0 radical (unpaired) electrons. The minimum atomic E-state index is -1.75. The summed E-state index contributed by atoms with van der Waals surface area (Å²) in [6.07, 6.45) is -3.44. The highest BCUT2D eigenvalue weighted by Crippen LogP contribution is 2.36. The zero-order chi connectivity index (χ0) is 23.3. The first-order valence-electron chi connectivity index (χ1n) is 10.1. The number of carboxylic acid groups (broad SMARTS) is 2. The van der Waals surface area contributed by atoms with E-state index in [4.69, 9.17) is 9.52 Å². The Morgan fingerprint density at radius 3 is 2.09 bits per heavy atom. The van der Waals surface area contributed by atoms with Gasteiger partial charge in [0.25, 0.3) is 0 Å². The number of carboxylic acids is 2. The van der Waals surface area contributed by atoms with Crippen molar-refractivity contribution in [1.29, 1.82) is 0 Å². The number of aliphatic carboxylic acids is 2. The Kier molecular flexibility index (Phi) is 4.85. The number of benzene rings is 4. The van der Waals surface area contributed by atoms with E-state index in [0.717, 1.165) is 21.9 Å². The topological polar surface area (TPSA) is 128 Å². The second kappa shape index (κ2) is 7.74. The van der Waals surface area contributed by atoms with Gasteiger partial charge in [-0.1, -0.05) is 42.5 Å². The fourth-order valence-corrected chi connectivity index (χ4v) is 4.19. The number of aliphatic hydroxyl groups is 2. The summed E-state index contributed by atoms with van der Waals surface area (Å²) < 4.78 is 5.45. The summed E-state index contributed by atoms with van der Waals surface area (Å²) in [6.45, 7) is 0. The molecule has 0 amide bonds. The van der Waals surface area contributed by atoms with Gasteiger partial charge in [-0.15, -0.1) is 0 Å². The molecule has 7 nitrogen and oxygen atoms in total. The lowest BCUT2D eigenvalue weighted by molar-refractivity contribution is -0.148. The molecule has 1 heterocycles. The molecule has 7 heteroatoms. The van der Waals surface area contributed by atoms with Crippen molar-refractivity contribution >= 4 is 44.5 Å². The summed E-state index contributed by atoms with van der Waals surface area (Å²) >= 11 is 0. The minimum absolute atomic E-state index is 0.0634. The van der Waals surface area contributed by atoms with Crippen LogP contribution in [0.15, 0.2) is 77.2 Å². The fraction of sp³-hybridized carbons (Fsp3) is 0.0769. The van der Waals surface area contributed by atoms with E-state index < -0.39 is 24.1 Å². The Labute approximate surface area is 186 Å². The van der Waals surface area contributed by atoms with Gasteiger partial charge >= 0.3 is 11.9 Å². The maximum absolute atomic E-state index is 11.7. The second-order valence-corrected chi connectivity index (χ2v) is 7.83. The maximum atomic E-state index is 11.7.